The second kappa shape index (κ2) is 4.95. The van der Waals surface area contributed by atoms with Crippen molar-refractivity contribution in [3.05, 3.63) is 29.8 Å². The van der Waals surface area contributed by atoms with Gasteiger partial charge in [-0.1, -0.05) is 25.1 Å². The van der Waals surface area contributed by atoms with Crippen LogP contribution in [0.15, 0.2) is 29.2 Å². The van der Waals surface area contributed by atoms with Crippen molar-refractivity contribution in [2.45, 2.75) is 25.3 Å². The van der Waals surface area contributed by atoms with Crippen LogP contribution in [0.1, 0.15) is 13.0 Å². The van der Waals surface area contributed by atoms with Crippen LogP contribution in [-0.4, -0.2) is 27.7 Å². The first-order valence-electron chi connectivity index (χ1n) is 4.66. The minimum absolute atomic E-state index is 0. The van der Waals surface area contributed by atoms with Gasteiger partial charge >= 0.3 is 0 Å². The van der Waals surface area contributed by atoms with Gasteiger partial charge in [-0.2, -0.15) is 8.42 Å². The molecule has 4 nitrogen and oxygen atoms in total. The maximum absolute atomic E-state index is 11.6. The summed E-state index contributed by atoms with van der Waals surface area (Å²) in [5.74, 6) is 0. The fraction of sp³-hybridized carbons (Fsp3) is 0.455. The number of rotatable bonds is 4. The fourth-order valence-corrected chi connectivity index (χ4v) is 2.04. The van der Waals surface area contributed by atoms with Crippen LogP contribution in [0, 0.1) is 6.92 Å². The molecule has 2 rings (SSSR count). The summed E-state index contributed by atoms with van der Waals surface area (Å²) in [6.07, 6.45) is -0.0507. The Balaban J connectivity index is 0.00000128. The van der Waals surface area contributed by atoms with Gasteiger partial charge in [-0.3, -0.25) is 4.18 Å². The van der Waals surface area contributed by atoms with Crippen molar-refractivity contribution in [2.75, 3.05) is 13.2 Å². The molecular formula is C11H16O4S. The zero-order chi connectivity index (χ0) is 10.9. The fourth-order valence-electron chi connectivity index (χ4n) is 1.10. The van der Waals surface area contributed by atoms with E-state index in [-0.39, 0.29) is 25.0 Å². The number of hydrogen-bond donors (Lipinski definition) is 0. The summed E-state index contributed by atoms with van der Waals surface area (Å²) in [6, 6.07) is 6.56. The van der Waals surface area contributed by atoms with Crippen molar-refractivity contribution >= 4 is 10.1 Å². The maximum atomic E-state index is 11.6. The van der Waals surface area contributed by atoms with E-state index in [0.717, 1.165) is 5.56 Å². The summed E-state index contributed by atoms with van der Waals surface area (Å²) < 4.78 is 32.9. The lowest BCUT2D eigenvalue weighted by Gasteiger charge is -2.03. The molecule has 0 N–H and O–H groups in total. The summed E-state index contributed by atoms with van der Waals surface area (Å²) in [6.45, 7) is 2.59. The van der Waals surface area contributed by atoms with Crippen LogP contribution < -0.4 is 0 Å². The quantitative estimate of drug-likeness (QED) is 0.598. The largest absolute Gasteiger partial charge is 0.371 e. The molecule has 1 aliphatic rings. The van der Waals surface area contributed by atoms with Crippen LogP contribution in [0.2, 0.25) is 0 Å². The monoisotopic (exact) mass is 244 g/mol. The van der Waals surface area contributed by atoms with E-state index in [2.05, 4.69) is 0 Å². The molecule has 0 radical (unpaired) electrons. The molecular weight excluding hydrogens is 228 g/mol. The molecule has 0 spiro atoms. The van der Waals surface area contributed by atoms with Gasteiger partial charge in [-0.05, 0) is 19.1 Å². The lowest BCUT2D eigenvalue weighted by Crippen LogP contribution is -2.10. The normalized spacial score (nSPS) is 18.9. The average molecular weight is 244 g/mol. The minimum Gasteiger partial charge on any atom is -0.371 e. The number of ether oxygens (including phenoxy) is 1. The highest BCUT2D eigenvalue weighted by Gasteiger charge is 2.26. The van der Waals surface area contributed by atoms with Crippen LogP contribution in [0.25, 0.3) is 0 Å². The predicted octanol–water partition coefficient (Wildman–Crippen LogP) is 1.74. The molecule has 0 aromatic heterocycles. The van der Waals surface area contributed by atoms with E-state index in [1.807, 2.05) is 6.92 Å². The van der Waals surface area contributed by atoms with Crippen LogP contribution in [0.3, 0.4) is 0 Å². The van der Waals surface area contributed by atoms with Gasteiger partial charge in [0.1, 0.15) is 6.10 Å². The highest BCUT2D eigenvalue weighted by molar-refractivity contribution is 7.86. The molecule has 1 heterocycles. The predicted molar refractivity (Wildman–Crippen MR) is 60.8 cm³/mol. The third kappa shape index (κ3) is 3.30. The molecule has 1 unspecified atom stereocenters. The summed E-state index contributed by atoms with van der Waals surface area (Å²) >= 11 is 0. The van der Waals surface area contributed by atoms with E-state index in [4.69, 9.17) is 8.92 Å². The van der Waals surface area contributed by atoms with Crippen LogP contribution in [-0.2, 0) is 19.0 Å². The lowest BCUT2D eigenvalue weighted by atomic mass is 10.2. The van der Waals surface area contributed by atoms with Gasteiger partial charge in [0.25, 0.3) is 10.1 Å². The van der Waals surface area contributed by atoms with Crippen molar-refractivity contribution in [1.29, 1.82) is 0 Å². The molecule has 1 aromatic carbocycles. The standard InChI is InChI=1S/C10H12O4S.CH4/c1-8-2-4-10(5-3-8)15(11,12)14-7-9-6-13-9;/h2-5,9H,6-7H2,1H3;1H4. The van der Waals surface area contributed by atoms with Crippen LogP contribution >= 0.6 is 0 Å². The zero-order valence-electron chi connectivity index (χ0n) is 8.34. The molecule has 0 amide bonds. The zero-order valence-corrected chi connectivity index (χ0v) is 9.16. The third-order valence-electron chi connectivity index (χ3n) is 2.12. The molecule has 1 aromatic rings. The number of epoxide rings is 1. The topological polar surface area (TPSA) is 55.9 Å². The van der Waals surface area contributed by atoms with Crippen LogP contribution in [0.5, 0.6) is 0 Å². The summed E-state index contributed by atoms with van der Waals surface area (Å²) in [4.78, 5) is 0.189. The Kier molecular flexibility index (Phi) is 4.07. The Morgan fingerprint density at radius 1 is 1.38 bits per heavy atom. The van der Waals surface area contributed by atoms with E-state index in [0.29, 0.717) is 6.61 Å². The first-order valence-corrected chi connectivity index (χ1v) is 6.06. The highest BCUT2D eigenvalue weighted by Crippen LogP contribution is 2.16. The molecule has 5 heteroatoms. The molecule has 1 fully saturated rings. The van der Waals surface area contributed by atoms with E-state index in [9.17, 15) is 8.42 Å². The SMILES string of the molecule is C.Cc1ccc(S(=O)(=O)OCC2CO2)cc1. The van der Waals surface area contributed by atoms with Crippen molar-refractivity contribution in [2.24, 2.45) is 0 Å². The Morgan fingerprint density at radius 3 is 2.44 bits per heavy atom. The van der Waals surface area contributed by atoms with Gasteiger partial charge in [0.15, 0.2) is 0 Å². The first-order chi connectivity index (χ1) is 7.08. The van der Waals surface area contributed by atoms with Crippen molar-refractivity contribution in [1.82, 2.24) is 0 Å². The maximum Gasteiger partial charge on any atom is 0.297 e. The van der Waals surface area contributed by atoms with Gasteiger partial charge in [-0.25, -0.2) is 0 Å². The lowest BCUT2D eigenvalue weighted by molar-refractivity contribution is 0.266. The van der Waals surface area contributed by atoms with Crippen LogP contribution in [0.4, 0.5) is 0 Å². The van der Waals surface area contributed by atoms with E-state index in [1.54, 1.807) is 24.3 Å². The van der Waals surface area contributed by atoms with Gasteiger partial charge in [0.2, 0.25) is 0 Å². The minimum atomic E-state index is -3.61. The molecule has 1 atom stereocenters. The third-order valence-corrected chi connectivity index (χ3v) is 3.42. The molecule has 0 bridgehead atoms. The molecule has 0 aliphatic carbocycles. The van der Waals surface area contributed by atoms with Gasteiger partial charge in [-0.15, -0.1) is 0 Å². The summed E-state index contributed by atoms with van der Waals surface area (Å²) in [5, 5.41) is 0. The van der Waals surface area contributed by atoms with Gasteiger partial charge < -0.3 is 4.74 Å². The Bertz CT molecular complexity index is 432. The average Bonchev–Trinajstić information content (AvgIpc) is 2.99. The Labute approximate surface area is 96.3 Å². The van der Waals surface area contributed by atoms with Crippen molar-refractivity contribution in [3.8, 4) is 0 Å². The highest BCUT2D eigenvalue weighted by atomic mass is 32.2. The molecule has 1 saturated heterocycles. The number of aryl methyl sites for hydroxylation is 1. The van der Waals surface area contributed by atoms with Crippen molar-refractivity contribution in [3.63, 3.8) is 0 Å². The summed E-state index contributed by atoms with van der Waals surface area (Å²) in [7, 11) is -3.61. The molecule has 16 heavy (non-hydrogen) atoms. The molecule has 0 saturated carbocycles. The van der Waals surface area contributed by atoms with E-state index in [1.165, 1.54) is 0 Å². The Hall–Kier alpha value is -0.910. The number of hydrogen-bond acceptors (Lipinski definition) is 4. The molecule has 1 aliphatic heterocycles. The summed E-state index contributed by atoms with van der Waals surface area (Å²) in [5.41, 5.74) is 1.01. The number of benzene rings is 1. The van der Waals surface area contributed by atoms with Gasteiger partial charge in [0.05, 0.1) is 18.1 Å². The van der Waals surface area contributed by atoms with E-state index < -0.39 is 10.1 Å². The van der Waals surface area contributed by atoms with Gasteiger partial charge in [0, 0.05) is 0 Å². The first kappa shape index (κ1) is 13.2. The molecule has 90 valence electrons. The Morgan fingerprint density at radius 2 is 1.94 bits per heavy atom. The van der Waals surface area contributed by atoms with E-state index >= 15 is 0 Å². The van der Waals surface area contributed by atoms with Crippen molar-refractivity contribution < 1.29 is 17.3 Å². The smallest absolute Gasteiger partial charge is 0.297 e. The second-order valence-electron chi connectivity index (χ2n) is 3.51. The second-order valence-corrected chi connectivity index (χ2v) is 5.12.